The summed E-state index contributed by atoms with van der Waals surface area (Å²) in [5.74, 6) is 0.255. The Balaban J connectivity index is 2.34. The standard InChI is InChI=1S/C9H13N5O3/c1-12-9(7(5-11-12)14(16)17)13-4-2-3-10-8(15)6-13/h5H,2-4,6H2,1H3,(H,10,15). The normalized spacial score (nSPS) is 16.5. The maximum absolute atomic E-state index is 11.4. The molecule has 2 rings (SSSR count). The van der Waals surface area contributed by atoms with E-state index in [-0.39, 0.29) is 18.1 Å². The Morgan fingerprint density at radius 2 is 2.35 bits per heavy atom. The molecule has 1 N–H and O–H groups in total. The van der Waals surface area contributed by atoms with Gasteiger partial charge in [0, 0.05) is 20.1 Å². The first-order chi connectivity index (χ1) is 8.09. The van der Waals surface area contributed by atoms with E-state index in [1.807, 2.05) is 0 Å². The zero-order valence-corrected chi connectivity index (χ0v) is 9.42. The number of aryl methyl sites for hydroxylation is 1. The largest absolute Gasteiger partial charge is 0.354 e. The van der Waals surface area contributed by atoms with Crippen molar-refractivity contribution in [2.24, 2.45) is 7.05 Å². The summed E-state index contributed by atoms with van der Waals surface area (Å²) in [5, 5.41) is 17.5. The molecular weight excluding hydrogens is 226 g/mol. The number of carbonyl (C=O) groups excluding carboxylic acids is 1. The van der Waals surface area contributed by atoms with E-state index in [2.05, 4.69) is 10.4 Å². The van der Waals surface area contributed by atoms with Gasteiger partial charge in [-0.1, -0.05) is 0 Å². The lowest BCUT2D eigenvalue weighted by Gasteiger charge is -2.19. The van der Waals surface area contributed by atoms with Crippen molar-refractivity contribution in [3.63, 3.8) is 0 Å². The summed E-state index contributed by atoms with van der Waals surface area (Å²) in [5.41, 5.74) is -0.0674. The van der Waals surface area contributed by atoms with Crippen LogP contribution in [-0.4, -0.2) is 40.2 Å². The number of nitrogens with zero attached hydrogens (tertiary/aromatic N) is 4. The fourth-order valence-electron chi connectivity index (χ4n) is 1.90. The number of nitrogens with one attached hydrogen (secondary N) is 1. The molecule has 0 aromatic carbocycles. The van der Waals surface area contributed by atoms with Crippen molar-refractivity contribution >= 4 is 17.4 Å². The summed E-state index contributed by atoms with van der Waals surface area (Å²) in [6.45, 7) is 1.32. The van der Waals surface area contributed by atoms with E-state index in [9.17, 15) is 14.9 Å². The van der Waals surface area contributed by atoms with E-state index in [4.69, 9.17) is 0 Å². The SMILES string of the molecule is Cn1ncc([N+](=O)[O-])c1N1CCCNC(=O)C1. The molecule has 0 bridgehead atoms. The van der Waals surface area contributed by atoms with Crippen LogP contribution in [0.5, 0.6) is 0 Å². The molecule has 1 amide bonds. The van der Waals surface area contributed by atoms with Gasteiger partial charge >= 0.3 is 5.69 Å². The van der Waals surface area contributed by atoms with Gasteiger partial charge in [0.25, 0.3) is 0 Å². The molecule has 1 aromatic rings. The third-order valence-corrected chi connectivity index (χ3v) is 2.65. The second-order valence-corrected chi connectivity index (χ2v) is 3.86. The number of anilines is 1. The number of amides is 1. The highest BCUT2D eigenvalue weighted by molar-refractivity contribution is 5.82. The minimum Gasteiger partial charge on any atom is -0.354 e. The molecule has 0 aliphatic carbocycles. The van der Waals surface area contributed by atoms with Crippen LogP contribution in [0.25, 0.3) is 0 Å². The molecule has 92 valence electrons. The topological polar surface area (TPSA) is 93.3 Å². The van der Waals surface area contributed by atoms with Crippen molar-refractivity contribution in [1.29, 1.82) is 0 Å². The smallest absolute Gasteiger partial charge is 0.331 e. The fraction of sp³-hybridized carbons (Fsp3) is 0.556. The molecule has 1 saturated heterocycles. The van der Waals surface area contributed by atoms with Crippen LogP contribution in [0.15, 0.2) is 6.20 Å². The van der Waals surface area contributed by atoms with Crippen LogP contribution in [0.1, 0.15) is 6.42 Å². The molecule has 0 radical (unpaired) electrons. The monoisotopic (exact) mass is 239 g/mol. The molecule has 1 aliphatic heterocycles. The maximum atomic E-state index is 11.4. The van der Waals surface area contributed by atoms with Crippen molar-refractivity contribution in [1.82, 2.24) is 15.1 Å². The minimum absolute atomic E-state index is 0.0674. The molecule has 2 heterocycles. The summed E-state index contributed by atoms with van der Waals surface area (Å²) >= 11 is 0. The van der Waals surface area contributed by atoms with Crippen molar-refractivity contribution < 1.29 is 9.72 Å². The van der Waals surface area contributed by atoms with Crippen molar-refractivity contribution in [2.45, 2.75) is 6.42 Å². The Bertz CT molecular complexity index is 455. The molecule has 0 spiro atoms. The Morgan fingerprint density at radius 3 is 3.06 bits per heavy atom. The number of carbonyl (C=O) groups is 1. The summed E-state index contributed by atoms with van der Waals surface area (Å²) in [4.78, 5) is 23.5. The third kappa shape index (κ3) is 2.19. The highest BCUT2D eigenvalue weighted by atomic mass is 16.6. The zero-order valence-electron chi connectivity index (χ0n) is 9.42. The lowest BCUT2D eigenvalue weighted by atomic mass is 10.3. The summed E-state index contributed by atoms with van der Waals surface area (Å²) < 4.78 is 1.43. The first-order valence-corrected chi connectivity index (χ1v) is 5.27. The summed E-state index contributed by atoms with van der Waals surface area (Å²) in [7, 11) is 1.63. The summed E-state index contributed by atoms with van der Waals surface area (Å²) in [6.07, 6.45) is 1.96. The second kappa shape index (κ2) is 4.40. The Morgan fingerprint density at radius 1 is 1.59 bits per heavy atom. The number of hydrogen-bond donors (Lipinski definition) is 1. The molecular formula is C9H13N5O3. The van der Waals surface area contributed by atoms with E-state index in [1.165, 1.54) is 10.9 Å². The molecule has 1 fully saturated rings. The lowest BCUT2D eigenvalue weighted by molar-refractivity contribution is -0.384. The average Bonchev–Trinajstić information content (AvgIpc) is 2.52. The zero-order chi connectivity index (χ0) is 12.4. The maximum Gasteiger partial charge on any atom is 0.331 e. The van der Waals surface area contributed by atoms with Crippen LogP contribution in [-0.2, 0) is 11.8 Å². The molecule has 1 aromatic heterocycles. The van der Waals surface area contributed by atoms with Gasteiger partial charge in [0.1, 0.15) is 6.20 Å². The molecule has 17 heavy (non-hydrogen) atoms. The highest BCUT2D eigenvalue weighted by Gasteiger charge is 2.26. The Kier molecular flexibility index (Phi) is 2.94. The van der Waals surface area contributed by atoms with Crippen LogP contribution < -0.4 is 10.2 Å². The van der Waals surface area contributed by atoms with Gasteiger partial charge in [-0.3, -0.25) is 14.9 Å². The Hall–Kier alpha value is -2.12. The Labute approximate surface area is 97.3 Å². The van der Waals surface area contributed by atoms with Gasteiger partial charge in [0.05, 0.1) is 11.5 Å². The predicted molar refractivity (Wildman–Crippen MR) is 59.7 cm³/mol. The number of rotatable bonds is 2. The molecule has 0 saturated carbocycles. The quantitative estimate of drug-likeness (QED) is 0.562. The van der Waals surface area contributed by atoms with Crippen LogP contribution >= 0.6 is 0 Å². The molecule has 0 unspecified atom stereocenters. The van der Waals surface area contributed by atoms with Crippen molar-refractivity contribution in [2.75, 3.05) is 24.5 Å². The van der Waals surface area contributed by atoms with E-state index in [1.54, 1.807) is 11.9 Å². The first kappa shape index (κ1) is 11.4. The second-order valence-electron chi connectivity index (χ2n) is 3.86. The molecule has 1 aliphatic rings. The van der Waals surface area contributed by atoms with Crippen LogP contribution in [0.2, 0.25) is 0 Å². The van der Waals surface area contributed by atoms with Crippen LogP contribution in [0.4, 0.5) is 11.5 Å². The third-order valence-electron chi connectivity index (χ3n) is 2.65. The predicted octanol–water partition coefficient (Wildman–Crippen LogP) is -0.345. The fourth-order valence-corrected chi connectivity index (χ4v) is 1.90. The van der Waals surface area contributed by atoms with E-state index < -0.39 is 4.92 Å². The highest BCUT2D eigenvalue weighted by Crippen LogP contribution is 2.27. The minimum atomic E-state index is -0.481. The first-order valence-electron chi connectivity index (χ1n) is 5.27. The van der Waals surface area contributed by atoms with Gasteiger partial charge < -0.3 is 10.2 Å². The number of nitro groups is 1. The van der Waals surface area contributed by atoms with E-state index in [0.717, 1.165) is 6.42 Å². The van der Waals surface area contributed by atoms with E-state index in [0.29, 0.717) is 18.9 Å². The van der Waals surface area contributed by atoms with Crippen molar-refractivity contribution in [3.05, 3.63) is 16.3 Å². The van der Waals surface area contributed by atoms with Crippen LogP contribution in [0.3, 0.4) is 0 Å². The van der Waals surface area contributed by atoms with Crippen LogP contribution in [0, 0.1) is 10.1 Å². The lowest BCUT2D eigenvalue weighted by Crippen LogP contribution is -2.34. The van der Waals surface area contributed by atoms with E-state index >= 15 is 0 Å². The average molecular weight is 239 g/mol. The molecule has 8 heteroatoms. The van der Waals surface area contributed by atoms with Crippen molar-refractivity contribution in [3.8, 4) is 0 Å². The van der Waals surface area contributed by atoms with Gasteiger partial charge in [-0.05, 0) is 6.42 Å². The number of hydrogen-bond acceptors (Lipinski definition) is 5. The number of aromatic nitrogens is 2. The summed E-state index contributed by atoms with van der Waals surface area (Å²) in [6, 6.07) is 0. The van der Waals surface area contributed by atoms with Gasteiger partial charge in [-0.2, -0.15) is 5.10 Å². The molecule has 8 nitrogen and oxygen atoms in total. The van der Waals surface area contributed by atoms with Gasteiger partial charge in [0.15, 0.2) is 0 Å². The molecule has 0 atom stereocenters. The van der Waals surface area contributed by atoms with Gasteiger partial charge in [-0.25, -0.2) is 4.68 Å². The van der Waals surface area contributed by atoms with Gasteiger partial charge in [-0.15, -0.1) is 0 Å². The van der Waals surface area contributed by atoms with Gasteiger partial charge in [0.2, 0.25) is 11.7 Å².